The highest BCUT2D eigenvalue weighted by molar-refractivity contribution is 9.10. The van der Waals surface area contributed by atoms with Crippen LogP contribution in [0.4, 0.5) is 10.5 Å². The molecule has 3 heterocycles. The second kappa shape index (κ2) is 6.88. The number of halogens is 1. The van der Waals surface area contributed by atoms with E-state index in [0.29, 0.717) is 19.3 Å². The van der Waals surface area contributed by atoms with Crippen LogP contribution in [0.3, 0.4) is 0 Å². The van der Waals surface area contributed by atoms with Gasteiger partial charge in [-0.05, 0) is 42.2 Å². The van der Waals surface area contributed by atoms with E-state index >= 15 is 0 Å². The van der Waals surface area contributed by atoms with E-state index < -0.39 is 12.1 Å². The number of carbonyl (C=O) groups is 2. The molecule has 0 bridgehead atoms. The topological polar surface area (TPSA) is 87.3 Å². The van der Waals surface area contributed by atoms with Gasteiger partial charge in [-0.25, -0.2) is 9.78 Å². The summed E-state index contributed by atoms with van der Waals surface area (Å²) in [4.78, 5) is 35.2. The van der Waals surface area contributed by atoms with E-state index in [1.165, 1.54) is 7.11 Å². The molecule has 2 aliphatic rings. The molecule has 2 aliphatic heterocycles. The third-order valence-electron chi connectivity index (χ3n) is 5.66. The molecule has 2 aromatic carbocycles. The van der Waals surface area contributed by atoms with Crippen molar-refractivity contribution in [1.29, 1.82) is 0 Å². The van der Waals surface area contributed by atoms with Gasteiger partial charge in [0.05, 0.1) is 29.9 Å². The number of amides is 2. The number of nitrogens with one attached hydrogen (secondary N) is 2. The summed E-state index contributed by atoms with van der Waals surface area (Å²) in [6.07, 6.45) is 1.32. The number of aromatic nitrogens is 2. The van der Waals surface area contributed by atoms with Crippen molar-refractivity contribution in [2.45, 2.75) is 31.3 Å². The normalized spacial score (nSPS) is 20.5. The van der Waals surface area contributed by atoms with E-state index in [1.807, 2.05) is 29.2 Å². The number of para-hydroxylation sites is 1. The first-order valence-corrected chi connectivity index (χ1v) is 10.3. The lowest BCUT2D eigenvalue weighted by atomic mass is 10.0. The van der Waals surface area contributed by atoms with Gasteiger partial charge >= 0.3 is 6.09 Å². The largest absolute Gasteiger partial charge is 0.453 e. The molecular weight excluding hydrogens is 436 g/mol. The predicted octanol–water partition coefficient (Wildman–Crippen LogP) is 3.63. The van der Waals surface area contributed by atoms with Crippen LogP contribution in [0, 0.1) is 0 Å². The van der Waals surface area contributed by atoms with E-state index in [1.54, 1.807) is 0 Å². The maximum atomic E-state index is 13.5. The Labute approximate surface area is 175 Å². The van der Waals surface area contributed by atoms with Crippen molar-refractivity contribution in [1.82, 2.24) is 15.3 Å². The number of carbonyl (C=O) groups excluding carboxylic acids is 2. The van der Waals surface area contributed by atoms with Crippen LogP contribution in [-0.4, -0.2) is 35.1 Å². The Morgan fingerprint density at radius 3 is 2.97 bits per heavy atom. The summed E-state index contributed by atoms with van der Waals surface area (Å²) in [6, 6.07) is 11.1. The molecule has 0 saturated heterocycles. The van der Waals surface area contributed by atoms with Crippen LogP contribution in [0.5, 0.6) is 0 Å². The van der Waals surface area contributed by atoms with Gasteiger partial charge in [0.1, 0.15) is 11.9 Å². The molecule has 0 fully saturated rings. The fourth-order valence-electron chi connectivity index (χ4n) is 4.34. The Kier molecular flexibility index (Phi) is 4.31. The Hall–Kier alpha value is -2.87. The highest BCUT2D eigenvalue weighted by atomic mass is 79.9. The first kappa shape index (κ1) is 18.2. The van der Waals surface area contributed by atoms with Crippen LogP contribution < -0.4 is 10.2 Å². The zero-order valence-electron chi connectivity index (χ0n) is 15.7. The van der Waals surface area contributed by atoms with Crippen molar-refractivity contribution in [2.24, 2.45) is 0 Å². The molecule has 0 unspecified atom stereocenters. The number of nitrogens with zero attached hydrogens (tertiary/aromatic N) is 2. The van der Waals surface area contributed by atoms with Crippen molar-refractivity contribution < 1.29 is 14.3 Å². The minimum absolute atomic E-state index is 0.134. The molecule has 0 radical (unpaired) electrons. The summed E-state index contributed by atoms with van der Waals surface area (Å²) in [5.74, 6) is 0.609. The summed E-state index contributed by atoms with van der Waals surface area (Å²) in [5.41, 5.74) is 4.97. The van der Waals surface area contributed by atoms with Gasteiger partial charge in [-0.1, -0.05) is 34.1 Å². The quantitative estimate of drug-likeness (QED) is 0.618. The smallest absolute Gasteiger partial charge is 0.407 e. The van der Waals surface area contributed by atoms with Crippen LogP contribution >= 0.6 is 15.9 Å². The molecular formula is C21H19BrN4O3. The second-order valence-corrected chi connectivity index (χ2v) is 8.28. The van der Waals surface area contributed by atoms with Gasteiger partial charge in [-0.3, -0.25) is 9.69 Å². The molecule has 0 spiro atoms. The summed E-state index contributed by atoms with van der Waals surface area (Å²) in [5, 5.41) is 2.70. The number of methoxy groups -OCH3 is 1. The molecule has 7 nitrogen and oxygen atoms in total. The third kappa shape index (κ3) is 2.98. The number of ether oxygens (including phenoxy) is 1. The van der Waals surface area contributed by atoms with Crippen LogP contribution in [0.15, 0.2) is 40.9 Å². The van der Waals surface area contributed by atoms with Gasteiger partial charge in [0.2, 0.25) is 5.91 Å². The molecule has 0 aliphatic carbocycles. The fraction of sp³-hybridized carbons (Fsp3) is 0.286. The molecule has 0 saturated carbocycles. The molecule has 2 N–H and O–H groups in total. The number of aryl methyl sites for hydroxylation is 1. The van der Waals surface area contributed by atoms with Crippen LogP contribution in [-0.2, 0) is 22.4 Å². The summed E-state index contributed by atoms with van der Waals surface area (Å²) < 4.78 is 5.68. The maximum absolute atomic E-state index is 13.5. The number of rotatable bonds is 2. The lowest BCUT2D eigenvalue weighted by molar-refractivity contribution is -0.121. The molecule has 2 atom stereocenters. The van der Waals surface area contributed by atoms with E-state index in [-0.39, 0.29) is 11.9 Å². The van der Waals surface area contributed by atoms with Crippen molar-refractivity contribution >= 4 is 44.7 Å². The number of anilines is 1. The van der Waals surface area contributed by atoms with Gasteiger partial charge in [0.15, 0.2) is 0 Å². The molecule has 8 heteroatoms. The van der Waals surface area contributed by atoms with E-state index in [4.69, 9.17) is 9.72 Å². The molecule has 5 rings (SSSR count). The summed E-state index contributed by atoms with van der Waals surface area (Å²) in [6.45, 7) is 0. The second-order valence-electron chi connectivity index (χ2n) is 7.36. The first-order valence-electron chi connectivity index (χ1n) is 9.48. The van der Waals surface area contributed by atoms with E-state index in [2.05, 4.69) is 38.4 Å². The number of imidazole rings is 1. The van der Waals surface area contributed by atoms with Gasteiger partial charge in [0, 0.05) is 10.9 Å². The zero-order chi connectivity index (χ0) is 20.1. The number of aromatic amines is 1. The molecule has 3 aromatic rings. The molecule has 2 amide bonds. The zero-order valence-corrected chi connectivity index (χ0v) is 17.3. The monoisotopic (exact) mass is 454 g/mol. The van der Waals surface area contributed by atoms with Gasteiger partial charge in [0.25, 0.3) is 0 Å². The molecule has 1 aromatic heterocycles. The van der Waals surface area contributed by atoms with Gasteiger partial charge < -0.3 is 15.0 Å². The van der Waals surface area contributed by atoms with Gasteiger partial charge in [-0.2, -0.15) is 0 Å². The number of H-pyrrole nitrogens is 1. The Bertz CT molecular complexity index is 1140. The van der Waals surface area contributed by atoms with E-state index in [9.17, 15) is 9.59 Å². The average Bonchev–Trinajstić information content (AvgIpc) is 3.27. The average molecular weight is 455 g/mol. The third-order valence-corrected chi connectivity index (χ3v) is 6.16. The Morgan fingerprint density at radius 1 is 1.31 bits per heavy atom. The van der Waals surface area contributed by atoms with Crippen molar-refractivity contribution in [3.63, 3.8) is 0 Å². The number of fused-ring (bicyclic) bond motifs is 1. The molecule has 148 valence electrons. The number of hydrogen-bond acceptors (Lipinski definition) is 4. The Balaban J connectivity index is 1.59. The lowest BCUT2D eigenvalue weighted by Crippen LogP contribution is -2.48. The van der Waals surface area contributed by atoms with Crippen molar-refractivity contribution in [3.8, 4) is 0 Å². The van der Waals surface area contributed by atoms with E-state index in [0.717, 1.165) is 38.1 Å². The molecule has 29 heavy (non-hydrogen) atoms. The number of hydrogen-bond donors (Lipinski definition) is 2. The maximum Gasteiger partial charge on any atom is 0.407 e. The number of benzene rings is 2. The van der Waals surface area contributed by atoms with Crippen LogP contribution in [0.25, 0.3) is 11.0 Å². The van der Waals surface area contributed by atoms with Crippen molar-refractivity contribution in [2.75, 3.05) is 12.0 Å². The Morgan fingerprint density at radius 2 is 2.14 bits per heavy atom. The minimum Gasteiger partial charge on any atom is -0.453 e. The summed E-state index contributed by atoms with van der Waals surface area (Å²) >= 11 is 3.49. The van der Waals surface area contributed by atoms with Crippen LogP contribution in [0.1, 0.15) is 29.4 Å². The summed E-state index contributed by atoms with van der Waals surface area (Å²) in [7, 11) is 1.30. The SMILES string of the molecule is COC(=O)N[C@H]1CCc2cccc3c2N(C1=O)[C@H](c1nc2ccc(Br)cc2[nH]1)C3. The lowest BCUT2D eigenvalue weighted by Gasteiger charge is -2.27. The fourth-order valence-corrected chi connectivity index (χ4v) is 4.71. The highest BCUT2D eigenvalue weighted by Gasteiger charge is 2.42. The minimum atomic E-state index is -0.637. The first-order chi connectivity index (χ1) is 14.0. The number of alkyl carbamates (subject to hydrolysis) is 1. The van der Waals surface area contributed by atoms with Crippen LogP contribution in [0.2, 0.25) is 0 Å². The predicted molar refractivity (Wildman–Crippen MR) is 112 cm³/mol. The van der Waals surface area contributed by atoms with Crippen molar-refractivity contribution in [3.05, 3.63) is 57.8 Å². The standard InChI is InChI=1S/C21H19BrN4O3/c1-29-21(28)25-15-7-5-11-3-2-4-12-9-17(26(18(11)12)20(15)27)19-23-14-8-6-13(22)10-16(14)24-19/h2-4,6,8,10,15,17H,5,7,9H2,1H3,(H,23,24)(H,25,28)/t15-,17-/m0/s1. The van der Waals surface area contributed by atoms with Gasteiger partial charge in [-0.15, -0.1) is 0 Å². The highest BCUT2D eigenvalue weighted by Crippen LogP contribution is 2.44.